The lowest BCUT2D eigenvalue weighted by molar-refractivity contribution is -0.138. The number of aliphatic hydroxyl groups excluding tert-OH is 1. The SMILES string of the molecule is O=C(O)C1CC1CCc1ccc(-c2cc(Cl)cc(CO)c2)cc1. The molecule has 0 heterocycles. The number of carboxylic acids is 1. The van der Waals surface area contributed by atoms with Crippen molar-refractivity contribution in [1.29, 1.82) is 0 Å². The van der Waals surface area contributed by atoms with Crippen LogP contribution in [0.15, 0.2) is 42.5 Å². The summed E-state index contributed by atoms with van der Waals surface area (Å²) in [6.45, 7) is -0.0300. The van der Waals surface area contributed by atoms with E-state index in [1.807, 2.05) is 24.3 Å². The molecule has 0 aromatic heterocycles. The minimum Gasteiger partial charge on any atom is -0.481 e. The van der Waals surface area contributed by atoms with E-state index in [1.54, 1.807) is 6.07 Å². The molecule has 0 radical (unpaired) electrons. The van der Waals surface area contributed by atoms with E-state index in [0.717, 1.165) is 36.0 Å². The lowest BCUT2D eigenvalue weighted by Gasteiger charge is -2.07. The van der Waals surface area contributed by atoms with E-state index in [4.69, 9.17) is 16.7 Å². The maximum atomic E-state index is 10.8. The number of rotatable bonds is 6. The number of hydrogen-bond acceptors (Lipinski definition) is 2. The molecule has 3 nitrogen and oxygen atoms in total. The zero-order valence-electron chi connectivity index (χ0n) is 12.7. The van der Waals surface area contributed by atoms with Gasteiger partial charge in [0.05, 0.1) is 12.5 Å². The Kier molecular flexibility index (Phi) is 4.69. The van der Waals surface area contributed by atoms with Crippen LogP contribution in [0.25, 0.3) is 11.1 Å². The smallest absolute Gasteiger partial charge is 0.306 e. The van der Waals surface area contributed by atoms with Gasteiger partial charge in [-0.2, -0.15) is 0 Å². The van der Waals surface area contributed by atoms with Crippen molar-refractivity contribution in [3.8, 4) is 11.1 Å². The van der Waals surface area contributed by atoms with Gasteiger partial charge in [0.25, 0.3) is 0 Å². The van der Waals surface area contributed by atoms with Crippen molar-refractivity contribution in [1.82, 2.24) is 0 Å². The van der Waals surface area contributed by atoms with Crippen molar-refractivity contribution >= 4 is 17.6 Å². The quantitative estimate of drug-likeness (QED) is 0.836. The minimum atomic E-state index is -0.661. The lowest BCUT2D eigenvalue weighted by Crippen LogP contribution is -2.00. The highest BCUT2D eigenvalue weighted by Crippen LogP contribution is 2.42. The number of aliphatic carboxylic acids is 1. The fourth-order valence-electron chi connectivity index (χ4n) is 2.99. The number of carbonyl (C=O) groups is 1. The monoisotopic (exact) mass is 330 g/mol. The molecule has 2 atom stereocenters. The second-order valence-electron chi connectivity index (χ2n) is 6.18. The molecule has 2 aromatic carbocycles. The van der Waals surface area contributed by atoms with Gasteiger partial charge in [-0.3, -0.25) is 4.79 Å². The highest BCUT2D eigenvalue weighted by atomic mass is 35.5. The van der Waals surface area contributed by atoms with E-state index >= 15 is 0 Å². The summed E-state index contributed by atoms with van der Waals surface area (Å²) >= 11 is 6.08. The van der Waals surface area contributed by atoms with Gasteiger partial charge in [-0.1, -0.05) is 35.9 Å². The topological polar surface area (TPSA) is 57.5 Å². The standard InChI is InChI=1S/C19H19ClO3/c20-17-8-13(11-21)7-16(9-17)14-4-1-12(2-5-14)3-6-15-10-18(15)19(22)23/h1-2,4-5,7-9,15,18,21H,3,6,10-11H2,(H,22,23). The molecule has 1 fully saturated rings. The normalized spacial score (nSPS) is 19.6. The number of carboxylic acid groups (broad SMARTS) is 1. The second-order valence-corrected chi connectivity index (χ2v) is 6.62. The molecular weight excluding hydrogens is 312 g/mol. The molecule has 1 aliphatic carbocycles. The van der Waals surface area contributed by atoms with Crippen molar-refractivity contribution in [2.45, 2.75) is 25.9 Å². The van der Waals surface area contributed by atoms with Crippen LogP contribution in [0.1, 0.15) is 24.0 Å². The summed E-state index contributed by atoms with van der Waals surface area (Å²) < 4.78 is 0. The Morgan fingerprint density at radius 3 is 2.43 bits per heavy atom. The maximum Gasteiger partial charge on any atom is 0.306 e. The second kappa shape index (κ2) is 6.73. The zero-order chi connectivity index (χ0) is 16.4. The molecule has 0 saturated heterocycles. The average Bonchev–Trinajstić information content (AvgIpc) is 3.33. The van der Waals surface area contributed by atoms with Crippen LogP contribution in [0.2, 0.25) is 5.02 Å². The van der Waals surface area contributed by atoms with Gasteiger partial charge in [-0.15, -0.1) is 0 Å². The number of benzene rings is 2. The Morgan fingerprint density at radius 1 is 1.09 bits per heavy atom. The highest BCUT2D eigenvalue weighted by molar-refractivity contribution is 6.31. The summed E-state index contributed by atoms with van der Waals surface area (Å²) in [6.07, 6.45) is 2.66. The van der Waals surface area contributed by atoms with Crippen LogP contribution in [-0.4, -0.2) is 16.2 Å². The van der Waals surface area contributed by atoms with Gasteiger partial charge in [-0.05, 0) is 65.6 Å². The van der Waals surface area contributed by atoms with Crippen LogP contribution in [-0.2, 0) is 17.8 Å². The van der Waals surface area contributed by atoms with Crippen LogP contribution in [0.4, 0.5) is 0 Å². The van der Waals surface area contributed by atoms with E-state index in [9.17, 15) is 9.90 Å². The van der Waals surface area contributed by atoms with Gasteiger partial charge in [-0.25, -0.2) is 0 Å². The van der Waals surface area contributed by atoms with Gasteiger partial charge in [0.2, 0.25) is 0 Å². The van der Waals surface area contributed by atoms with Crippen molar-refractivity contribution in [2.24, 2.45) is 11.8 Å². The summed E-state index contributed by atoms with van der Waals surface area (Å²) in [5, 5.41) is 18.8. The lowest BCUT2D eigenvalue weighted by atomic mass is 10.00. The first kappa shape index (κ1) is 16.0. The summed E-state index contributed by atoms with van der Waals surface area (Å²) in [7, 11) is 0. The number of aliphatic hydroxyl groups is 1. The number of halogens is 1. The van der Waals surface area contributed by atoms with Crippen molar-refractivity contribution in [3.05, 3.63) is 58.6 Å². The highest BCUT2D eigenvalue weighted by Gasteiger charge is 2.42. The van der Waals surface area contributed by atoms with E-state index < -0.39 is 5.97 Å². The molecule has 0 amide bonds. The summed E-state index contributed by atoms with van der Waals surface area (Å²) in [6, 6.07) is 13.8. The predicted octanol–water partition coefficient (Wildman–Crippen LogP) is 4.15. The van der Waals surface area contributed by atoms with Gasteiger partial charge in [0, 0.05) is 5.02 Å². The predicted molar refractivity (Wildman–Crippen MR) is 90.4 cm³/mol. The summed E-state index contributed by atoms with van der Waals surface area (Å²) in [5.74, 6) is -0.448. The number of aryl methyl sites for hydroxylation is 1. The molecule has 0 spiro atoms. The third kappa shape index (κ3) is 3.92. The van der Waals surface area contributed by atoms with Crippen molar-refractivity contribution in [3.63, 3.8) is 0 Å². The first-order valence-corrected chi connectivity index (χ1v) is 8.17. The van der Waals surface area contributed by atoms with Gasteiger partial charge in [0.1, 0.15) is 0 Å². The van der Waals surface area contributed by atoms with Gasteiger partial charge >= 0.3 is 5.97 Å². The molecule has 2 aromatic rings. The van der Waals surface area contributed by atoms with E-state index in [-0.39, 0.29) is 12.5 Å². The Bertz CT molecular complexity index is 709. The molecule has 3 rings (SSSR count). The van der Waals surface area contributed by atoms with Gasteiger partial charge in [0.15, 0.2) is 0 Å². The molecular formula is C19H19ClO3. The Morgan fingerprint density at radius 2 is 1.83 bits per heavy atom. The molecule has 23 heavy (non-hydrogen) atoms. The Hall–Kier alpha value is -1.84. The van der Waals surface area contributed by atoms with Crippen molar-refractivity contribution in [2.75, 3.05) is 0 Å². The summed E-state index contributed by atoms with van der Waals surface area (Å²) in [4.78, 5) is 10.8. The van der Waals surface area contributed by atoms with E-state index in [2.05, 4.69) is 12.1 Å². The van der Waals surface area contributed by atoms with E-state index in [1.165, 1.54) is 5.56 Å². The van der Waals surface area contributed by atoms with E-state index in [0.29, 0.717) is 10.9 Å². The van der Waals surface area contributed by atoms with Crippen LogP contribution in [0.3, 0.4) is 0 Å². The molecule has 2 unspecified atom stereocenters. The molecule has 0 bridgehead atoms. The van der Waals surface area contributed by atoms with Gasteiger partial charge < -0.3 is 10.2 Å². The zero-order valence-corrected chi connectivity index (χ0v) is 13.5. The van der Waals surface area contributed by atoms with Crippen LogP contribution in [0, 0.1) is 11.8 Å². The molecule has 4 heteroatoms. The molecule has 1 saturated carbocycles. The maximum absolute atomic E-state index is 10.8. The minimum absolute atomic E-state index is 0.0300. The third-order valence-electron chi connectivity index (χ3n) is 4.47. The number of hydrogen-bond donors (Lipinski definition) is 2. The molecule has 2 N–H and O–H groups in total. The molecule has 0 aliphatic heterocycles. The van der Waals surface area contributed by atoms with Crippen LogP contribution < -0.4 is 0 Å². The summed E-state index contributed by atoms with van der Waals surface area (Å²) in [5.41, 5.74) is 4.06. The van der Waals surface area contributed by atoms with Crippen molar-refractivity contribution < 1.29 is 15.0 Å². The molecule has 1 aliphatic rings. The first-order chi connectivity index (χ1) is 11.1. The largest absolute Gasteiger partial charge is 0.481 e. The van der Waals surface area contributed by atoms with Crippen LogP contribution in [0.5, 0.6) is 0 Å². The Labute approximate surface area is 140 Å². The van der Waals surface area contributed by atoms with Crippen LogP contribution >= 0.6 is 11.6 Å². The fraction of sp³-hybridized carbons (Fsp3) is 0.316. The Balaban J connectivity index is 1.65. The average molecular weight is 331 g/mol. The fourth-order valence-corrected chi connectivity index (χ4v) is 3.25. The first-order valence-electron chi connectivity index (χ1n) is 7.79. The molecule has 120 valence electrons. The third-order valence-corrected chi connectivity index (χ3v) is 4.69.